The van der Waals surface area contributed by atoms with Gasteiger partial charge in [-0.25, -0.2) is 4.39 Å². The van der Waals surface area contributed by atoms with Gasteiger partial charge in [0, 0.05) is 25.4 Å². The quantitative estimate of drug-likeness (QED) is 0.264. The van der Waals surface area contributed by atoms with E-state index in [1.54, 1.807) is 24.1 Å². The van der Waals surface area contributed by atoms with E-state index in [1.807, 2.05) is 54.6 Å². The number of carbonyl (C=O) groups excluding carboxylic acids is 2. The molecule has 0 radical (unpaired) electrons. The lowest BCUT2D eigenvalue weighted by molar-refractivity contribution is -0.141. The van der Waals surface area contributed by atoms with Crippen LogP contribution in [0.5, 0.6) is 11.5 Å². The van der Waals surface area contributed by atoms with Crippen molar-refractivity contribution >= 4 is 11.8 Å². The topological polar surface area (TPSA) is 67.9 Å². The first-order valence-corrected chi connectivity index (χ1v) is 14.2. The Kier molecular flexibility index (Phi) is 11.0. The number of nitrogens with one attached hydrogen (secondary N) is 1. The Morgan fingerprint density at radius 3 is 2.25 bits per heavy atom. The predicted molar refractivity (Wildman–Crippen MR) is 154 cm³/mol. The van der Waals surface area contributed by atoms with Gasteiger partial charge in [-0.2, -0.15) is 0 Å². The average molecular weight is 547 g/mol. The molecular formula is C33H39FN2O4. The van der Waals surface area contributed by atoms with Crippen LogP contribution >= 0.6 is 0 Å². The van der Waals surface area contributed by atoms with Crippen LogP contribution in [0.25, 0.3) is 0 Å². The number of amides is 2. The summed E-state index contributed by atoms with van der Waals surface area (Å²) in [5.41, 5.74) is 1.75. The summed E-state index contributed by atoms with van der Waals surface area (Å²) in [4.78, 5) is 29.2. The molecule has 1 fully saturated rings. The highest BCUT2D eigenvalue weighted by Gasteiger charge is 2.31. The molecule has 1 N–H and O–H groups in total. The van der Waals surface area contributed by atoms with Crippen LogP contribution in [0, 0.1) is 5.82 Å². The molecule has 3 aromatic carbocycles. The van der Waals surface area contributed by atoms with Gasteiger partial charge < -0.3 is 19.7 Å². The minimum Gasteiger partial charge on any atom is -0.497 e. The second-order valence-corrected chi connectivity index (χ2v) is 10.3. The summed E-state index contributed by atoms with van der Waals surface area (Å²) in [7, 11) is 1.61. The molecule has 212 valence electrons. The van der Waals surface area contributed by atoms with Crippen LogP contribution in [0.2, 0.25) is 0 Å². The van der Waals surface area contributed by atoms with E-state index in [4.69, 9.17) is 9.47 Å². The summed E-state index contributed by atoms with van der Waals surface area (Å²) >= 11 is 0. The molecule has 4 rings (SSSR count). The number of nitrogens with zero attached hydrogens (tertiary/aromatic N) is 1. The molecule has 2 amide bonds. The largest absolute Gasteiger partial charge is 0.497 e. The van der Waals surface area contributed by atoms with Gasteiger partial charge in [-0.05, 0) is 66.8 Å². The maximum Gasteiger partial charge on any atom is 0.243 e. The van der Waals surface area contributed by atoms with Gasteiger partial charge >= 0.3 is 0 Å². The van der Waals surface area contributed by atoms with Crippen LogP contribution in [-0.2, 0) is 22.6 Å². The summed E-state index contributed by atoms with van der Waals surface area (Å²) in [6.07, 6.45) is 6.41. The minimum absolute atomic E-state index is 0.125. The van der Waals surface area contributed by atoms with Crippen molar-refractivity contribution in [1.29, 1.82) is 0 Å². The third kappa shape index (κ3) is 8.83. The first-order chi connectivity index (χ1) is 19.5. The number of rotatable bonds is 13. The molecule has 1 aliphatic rings. The molecule has 0 saturated heterocycles. The van der Waals surface area contributed by atoms with Gasteiger partial charge in [0.1, 0.15) is 23.4 Å². The zero-order chi connectivity index (χ0) is 28.2. The Hall–Kier alpha value is -3.87. The molecule has 0 heterocycles. The summed E-state index contributed by atoms with van der Waals surface area (Å²) in [5, 5.41) is 3.24. The predicted octanol–water partition coefficient (Wildman–Crippen LogP) is 6.08. The van der Waals surface area contributed by atoms with Gasteiger partial charge in [0.15, 0.2) is 0 Å². The van der Waals surface area contributed by atoms with Crippen molar-refractivity contribution in [3.05, 3.63) is 95.8 Å². The zero-order valence-electron chi connectivity index (χ0n) is 23.2. The number of halogens is 1. The molecule has 40 heavy (non-hydrogen) atoms. The van der Waals surface area contributed by atoms with Crippen LogP contribution in [0.4, 0.5) is 4.39 Å². The molecule has 1 atom stereocenters. The molecule has 0 spiro atoms. The molecule has 6 nitrogen and oxygen atoms in total. The van der Waals surface area contributed by atoms with E-state index in [0.717, 1.165) is 42.6 Å². The van der Waals surface area contributed by atoms with Gasteiger partial charge in [-0.3, -0.25) is 9.59 Å². The molecular weight excluding hydrogens is 507 g/mol. The molecule has 0 bridgehead atoms. The van der Waals surface area contributed by atoms with E-state index in [-0.39, 0.29) is 36.6 Å². The van der Waals surface area contributed by atoms with Crippen LogP contribution in [-0.4, -0.2) is 42.5 Å². The van der Waals surface area contributed by atoms with Gasteiger partial charge in [0.2, 0.25) is 11.8 Å². The van der Waals surface area contributed by atoms with E-state index >= 15 is 0 Å². The lowest BCUT2D eigenvalue weighted by atomic mass is 9.94. The summed E-state index contributed by atoms with van der Waals surface area (Å²) in [6.45, 7) is 0.577. The van der Waals surface area contributed by atoms with Crippen LogP contribution in [0.15, 0.2) is 78.9 Å². The first kappa shape index (κ1) is 29.1. The molecule has 0 aromatic heterocycles. The fourth-order valence-electron chi connectivity index (χ4n) is 5.11. The highest BCUT2D eigenvalue weighted by Crippen LogP contribution is 2.21. The standard InChI is InChI=1S/C33H39FN2O4/c1-39-29-18-20-30(21-19-29)40-22-8-13-32(37)36(24-26-14-16-27(34)17-15-26)31(23-25-9-4-2-5-10-25)33(38)35-28-11-6-3-7-12-28/h2,4-5,9-10,14-21,28,31H,3,6-8,11-13,22-24H2,1H3,(H,35,38)/t31-/m0/s1. The first-order valence-electron chi connectivity index (χ1n) is 14.2. The second-order valence-electron chi connectivity index (χ2n) is 10.3. The van der Waals surface area contributed by atoms with E-state index in [0.29, 0.717) is 25.2 Å². The highest BCUT2D eigenvalue weighted by atomic mass is 19.1. The van der Waals surface area contributed by atoms with E-state index in [1.165, 1.54) is 18.6 Å². The van der Waals surface area contributed by atoms with Crippen LogP contribution in [0.3, 0.4) is 0 Å². The van der Waals surface area contributed by atoms with Crippen molar-refractivity contribution in [2.75, 3.05) is 13.7 Å². The second kappa shape index (κ2) is 15.1. The number of benzene rings is 3. The van der Waals surface area contributed by atoms with Crippen LogP contribution in [0.1, 0.15) is 56.1 Å². The molecule has 1 saturated carbocycles. The maximum atomic E-state index is 13.8. The van der Waals surface area contributed by atoms with Gasteiger partial charge in [-0.1, -0.05) is 61.7 Å². The van der Waals surface area contributed by atoms with E-state index < -0.39 is 6.04 Å². The number of hydrogen-bond acceptors (Lipinski definition) is 4. The zero-order valence-corrected chi connectivity index (χ0v) is 23.2. The molecule has 1 aliphatic carbocycles. The lowest BCUT2D eigenvalue weighted by Gasteiger charge is -2.33. The monoisotopic (exact) mass is 546 g/mol. The fourth-order valence-corrected chi connectivity index (χ4v) is 5.11. The van der Waals surface area contributed by atoms with Gasteiger partial charge in [0.25, 0.3) is 0 Å². The fraction of sp³-hybridized carbons (Fsp3) is 0.394. The van der Waals surface area contributed by atoms with Crippen molar-refractivity contribution < 1.29 is 23.5 Å². The number of ether oxygens (including phenoxy) is 2. The summed E-state index contributed by atoms with van der Waals surface area (Å²) < 4.78 is 24.6. The summed E-state index contributed by atoms with van der Waals surface area (Å²) in [6, 6.07) is 22.6. The Morgan fingerprint density at radius 2 is 1.57 bits per heavy atom. The van der Waals surface area contributed by atoms with Crippen molar-refractivity contribution in [3.8, 4) is 11.5 Å². The number of methoxy groups -OCH3 is 1. The van der Waals surface area contributed by atoms with Crippen molar-refractivity contribution in [2.24, 2.45) is 0 Å². The third-order valence-electron chi connectivity index (χ3n) is 7.35. The van der Waals surface area contributed by atoms with Gasteiger partial charge in [0.05, 0.1) is 13.7 Å². The highest BCUT2D eigenvalue weighted by molar-refractivity contribution is 5.88. The average Bonchev–Trinajstić information content (AvgIpc) is 2.99. The van der Waals surface area contributed by atoms with E-state index in [9.17, 15) is 14.0 Å². The van der Waals surface area contributed by atoms with Crippen molar-refractivity contribution in [3.63, 3.8) is 0 Å². The number of hydrogen-bond donors (Lipinski definition) is 1. The van der Waals surface area contributed by atoms with Crippen LogP contribution < -0.4 is 14.8 Å². The molecule has 0 unspecified atom stereocenters. The molecule has 7 heteroatoms. The molecule has 3 aromatic rings. The van der Waals surface area contributed by atoms with Crippen molar-refractivity contribution in [2.45, 2.75) is 70.0 Å². The smallest absolute Gasteiger partial charge is 0.243 e. The Morgan fingerprint density at radius 1 is 0.900 bits per heavy atom. The third-order valence-corrected chi connectivity index (χ3v) is 7.35. The molecule has 0 aliphatic heterocycles. The normalized spacial score (nSPS) is 14.2. The van der Waals surface area contributed by atoms with E-state index in [2.05, 4.69) is 5.32 Å². The SMILES string of the molecule is COc1ccc(OCCCC(=O)N(Cc2ccc(F)cc2)[C@@H](Cc2ccccc2)C(=O)NC2CCCCC2)cc1. The Balaban J connectivity index is 1.50. The van der Waals surface area contributed by atoms with Crippen molar-refractivity contribution in [1.82, 2.24) is 10.2 Å². The lowest BCUT2D eigenvalue weighted by Crippen LogP contribution is -2.52. The Labute approximate surface area is 236 Å². The maximum absolute atomic E-state index is 13.8. The Bertz CT molecular complexity index is 1200. The minimum atomic E-state index is -0.690. The summed E-state index contributed by atoms with van der Waals surface area (Å²) in [5.74, 6) is 0.830. The van der Waals surface area contributed by atoms with Gasteiger partial charge in [-0.15, -0.1) is 0 Å². The number of carbonyl (C=O) groups is 2.